The van der Waals surface area contributed by atoms with Gasteiger partial charge in [0.2, 0.25) is 0 Å². The Morgan fingerprint density at radius 1 is 0.952 bits per heavy atom. The summed E-state index contributed by atoms with van der Waals surface area (Å²) >= 11 is 6.15. The Hall–Kier alpha value is -2.46. The second kappa shape index (κ2) is 4.82. The van der Waals surface area contributed by atoms with E-state index < -0.39 is 0 Å². The summed E-state index contributed by atoms with van der Waals surface area (Å²) in [5.41, 5.74) is 2.58. The van der Waals surface area contributed by atoms with Gasteiger partial charge in [-0.2, -0.15) is 0 Å². The predicted octanol–water partition coefficient (Wildman–Crippen LogP) is 3.68. The van der Waals surface area contributed by atoms with Crippen molar-refractivity contribution in [1.29, 1.82) is 0 Å². The van der Waals surface area contributed by atoms with Crippen LogP contribution in [0.5, 0.6) is 0 Å². The van der Waals surface area contributed by atoms with Gasteiger partial charge >= 0.3 is 0 Å². The van der Waals surface area contributed by atoms with E-state index in [1.165, 1.54) is 22.7 Å². The van der Waals surface area contributed by atoms with E-state index in [4.69, 9.17) is 11.6 Å². The van der Waals surface area contributed by atoms with E-state index in [2.05, 4.69) is 45.3 Å². The monoisotopic (exact) mass is 294 g/mol. The molecule has 0 N–H and O–H groups in total. The Morgan fingerprint density at radius 3 is 2.71 bits per heavy atom. The molecule has 4 nitrogen and oxygen atoms in total. The third-order valence-corrected chi connectivity index (χ3v) is 3.81. The van der Waals surface area contributed by atoms with Gasteiger partial charge in [-0.05, 0) is 22.4 Å². The Kier molecular flexibility index (Phi) is 2.82. The first-order valence-corrected chi connectivity index (χ1v) is 6.98. The minimum atomic E-state index is 0.429. The van der Waals surface area contributed by atoms with Gasteiger partial charge in [-0.3, -0.25) is 0 Å². The van der Waals surface area contributed by atoms with Crippen LogP contribution >= 0.6 is 11.6 Å². The molecule has 102 valence electrons. The lowest BCUT2D eigenvalue weighted by molar-refractivity contribution is 0.824. The van der Waals surface area contributed by atoms with E-state index >= 15 is 0 Å². The molecule has 0 unspecified atom stereocenters. The first kappa shape index (κ1) is 12.3. The van der Waals surface area contributed by atoms with Crippen molar-refractivity contribution >= 4 is 33.5 Å². The lowest BCUT2D eigenvalue weighted by Crippen LogP contribution is -1.99. The van der Waals surface area contributed by atoms with Gasteiger partial charge < -0.3 is 4.57 Å². The second-order valence-corrected chi connectivity index (χ2v) is 5.25. The molecular formula is C16H11ClN4. The summed E-state index contributed by atoms with van der Waals surface area (Å²) in [5.74, 6) is 0. The fourth-order valence-corrected chi connectivity index (χ4v) is 2.76. The van der Waals surface area contributed by atoms with Crippen LogP contribution in [0.4, 0.5) is 0 Å². The van der Waals surface area contributed by atoms with Gasteiger partial charge in [0.05, 0.1) is 6.33 Å². The smallest absolute Gasteiger partial charge is 0.182 e. The van der Waals surface area contributed by atoms with Crippen LogP contribution in [0.25, 0.3) is 21.9 Å². The summed E-state index contributed by atoms with van der Waals surface area (Å²) in [6.07, 6.45) is 3.18. The van der Waals surface area contributed by atoms with Crippen LogP contribution in [-0.2, 0) is 6.54 Å². The minimum Gasteiger partial charge on any atom is -0.322 e. The fourth-order valence-electron chi connectivity index (χ4n) is 2.53. The molecule has 0 spiro atoms. The lowest BCUT2D eigenvalue weighted by atomic mass is 10.1. The Bertz CT molecular complexity index is 945. The largest absolute Gasteiger partial charge is 0.322 e. The SMILES string of the molecule is Clc1ncnc2ncn(Cc3ccc4ccccc4c3)c12. The number of imidazole rings is 1. The highest BCUT2D eigenvalue weighted by Crippen LogP contribution is 2.21. The number of halogens is 1. The zero-order valence-electron chi connectivity index (χ0n) is 11.1. The second-order valence-electron chi connectivity index (χ2n) is 4.89. The number of aromatic nitrogens is 4. The summed E-state index contributed by atoms with van der Waals surface area (Å²) in [7, 11) is 0. The molecule has 0 bridgehead atoms. The van der Waals surface area contributed by atoms with E-state index in [1.807, 2.05) is 16.7 Å². The average Bonchev–Trinajstić information content (AvgIpc) is 2.92. The van der Waals surface area contributed by atoms with Crippen molar-refractivity contribution in [3.63, 3.8) is 0 Å². The summed E-state index contributed by atoms with van der Waals surface area (Å²) in [4.78, 5) is 12.4. The standard InChI is InChI=1S/C16H11ClN4/c17-15-14-16(19-9-18-15)20-10-21(14)8-11-5-6-12-3-1-2-4-13(12)7-11/h1-7,9-10H,8H2. The van der Waals surface area contributed by atoms with Crippen LogP contribution in [0.1, 0.15) is 5.56 Å². The van der Waals surface area contributed by atoms with E-state index in [0.29, 0.717) is 17.3 Å². The molecule has 0 saturated carbocycles. The molecule has 21 heavy (non-hydrogen) atoms. The van der Waals surface area contributed by atoms with Crippen LogP contribution in [-0.4, -0.2) is 19.5 Å². The van der Waals surface area contributed by atoms with Crippen LogP contribution in [0, 0.1) is 0 Å². The molecule has 0 aliphatic heterocycles. The quantitative estimate of drug-likeness (QED) is 0.530. The summed E-state index contributed by atoms with van der Waals surface area (Å²) in [5, 5.41) is 2.89. The van der Waals surface area contributed by atoms with Crippen molar-refractivity contribution < 1.29 is 0 Å². The molecule has 5 heteroatoms. The number of benzene rings is 2. The molecule has 4 rings (SSSR count). The first-order valence-electron chi connectivity index (χ1n) is 6.60. The molecule has 0 aliphatic rings. The number of rotatable bonds is 2. The zero-order chi connectivity index (χ0) is 14.2. The Balaban J connectivity index is 1.79. The van der Waals surface area contributed by atoms with Crippen molar-refractivity contribution in [1.82, 2.24) is 19.5 Å². The lowest BCUT2D eigenvalue weighted by Gasteiger charge is -2.06. The number of nitrogens with zero attached hydrogens (tertiary/aromatic N) is 4. The van der Waals surface area contributed by atoms with E-state index in [9.17, 15) is 0 Å². The van der Waals surface area contributed by atoms with Crippen LogP contribution in [0.2, 0.25) is 5.15 Å². The summed E-state index contributed by atoms with van der Waals surface area (Å²) in [6.45, 7) is 0.689. The third kappa shape index (κ3) is 2.14. The van der Waals surface area contributed by atoms with Gasteiger partial charge in [-0.25, -0.2) is 15.0 Å². The number of fused-ring (bicyclic) bond motifs is 2. The van der Waals surface area contributed by atoms with Crippen LogP contribution in [0.3, 0.4) is 0 Å². The molecular weight excluding hydrogens is 284 g/mol. The highest BCUT2D eigenvalue weighted by atomic mass is 35.5. The molecule has 2 heterocycles. The van der Waals surface area contributed by atoms with Gasteiger partial charge in [-0.1, -0.05) is 48.0 Å². The summed E-state index contributed by atoms with van der Waals surface area (Å²) in [6, 6.07) is 14.7. The minimum absolute atomic E-state index is 0.429. The van der Waals surface area contributed by atoms with Crippen molar-refractivity contribution in [2.75, 3.05) is 0 Å². The van der Waals surface area contributed by atoms with Crippen molar-refractivity contribution in [3.05, 3.63) is 65.8 Å². The molecule has 0 amide bonds. The van der Waals surface area contributed by atoms with Crippen molar-refractivity contribution in [3.8, 4) is 0 Å². The summed E-state index contributed by atoms with van der Waals surface area (Å²) < 4.78 is 1.97. The highest BCUT2D eigenvalue weighted by Gasteiger charge is 2.09. The zero-order valence-corrected chi connectivity index (χ0v) is 11.8. The van der Waals surface area contributed by atoms with Crippen molar-refractivity contribution in [2.45, 2.75) is 6.54 Å². The molecule has 0 fully saturated rings. The highest BCUT2D eigenvalue weighted by molar-refractivity contribution is 6.33. The van der Waals surface area contributed by atoms with E-state index in [-0.39, 0.29) is 0 Å². The normalized spacial score (nSPS) is 11.3. The number of hydrogen-bond acceptors (Lipinski definition) is 3. The van der Waals surface area contributed by atoms with E-state index in [1.54, 1.807) is 6.33 Å². The maximum atomic E-state index is 6.15. The molecule has 0 atom stereocenters. The average molecular weight is 295 g/mol. The Morgan fingerprint density at radius 2 is 1.81 bits per heavy atom. The van der Waals surface area contributed by atoms with E-state index in [0.717, 1.165) is 5.52 Å². The van der Waals surface area contributed by atoms with Crippen LogP contribution in [0.15, 0.2) is 55.1 Å². The van der Waals surface area contributed by atoms with Gasteiger partial charge in [-0.15, -0.1) is 0 Å². The molecule has 0 saturated heterocycles. The van der Waals surface area contributed by atoms with Gasteiger partial charge in [0.25, 0.3) is 0 Å². The first-order chi connectivity index (χ1) is 10.3. The number of hydrogen-bond donors (Lipinski definition) is 0. The molecule has 2 aromatic heterocycles. The maximum absolute atomic E-state index is 6.15. The third-order valence-electron chi connectivity index (χ3n) is 3.53. The maximum Gasteiger partial charge on any atom is 0.182 e. The van der Waals surface area contributed by atoms with Crippen molar-refractivity contribution in [2.24, 2.45) is 0 Å². The van der Waals surface area contributed by atoms with Gasteiger partial charge in [0.15, 0.2) is 10.8 Å². The Labute approximate surface area is 126 Å². The molecule has 0 aliphatic carbocycles. The topological polar surface area (TPSA) is 43.6 Å². The molecule has 2 aromatic carbocycles. The molecule has 4 aromatic rings. The fraction of sp³-hybridized carbons (Fsp3) is 0.0625. The predicted molar refractivity (Wildman–Crippen MR) is 83.4 cm³/mol. The van der Waals surface area contributed by atoms with Crippen LogP contribution < -0.4 is 0 Å². The van der Waals surface area contributed by atoms with Gasteiger partial charge in [0.1, 0.15) is 11.8 Å². The molecule has 0 radical (unpaired) electrons. The van der Waals surface area contributed by atoms with Gasteiger partial charge in [0, 0.05) is 6.54 Å².